The number of aryl methyl sites for hydroxylation is 1. The van der Waals surface area contributed by atoms with Crippen LogP contribution in [0.1, 0.15) is 24.0 Å². The highest BCUT2D eigenvalue weighted by atomic mass is 16.2. The summed E-state index contributed by atoms with van der Waals surface area (Å²) in [7, 11) is 0. The van der Waals surface area contributed by atoms with Crippen molar-refractivity contribution in [2.24, 2.45) is 0 Å². The maximum absolute atomic E-state index is 11.6. The third kappa shape index (κ3) is 3.51. The van der Waals surface area contributed by atoms with E-state index in [-0.39, 0.29) is 12.6 Å². The van der Waals surface area contributed by atoms with Crippen molar-refractivity contribution in [2.45, 2.75) is 25.8 Å². The van der Waals surface area contributed by atoms with E-state index < -0.39 is 0 Å². The Bertz CT molecular complexity index is 510. The maximum Gasteiger partial charge on any atom is 0.319 e. The molecule has 1 aliphatic rings. The molecule has 1 saturated carbocycles. The predicted molar refractivity (Wildman–Crippen MR) is 70.3 cm³/mol. The van der Waals surface area contributed by atoms with Crippen molar-refractivity contribution in [1.29, 1.82) is 0 Å². The van der Waals surface area contributed by atoms with Gasteiger partial charge in [-0.1, -0.05) is 11.8 Å². The van der Waals surface area contributed by atoms with Gasteiger partial charge in [0.25, 0.3) is 0 Å². The highest BCUT2D eigenvalue weighted by Crippen LogP contribution is 2.20. The van der Waals surface area contributed by atoms with E-state index in [9.17, 15) is 4.79 Å². The van der Waals surface area contributed by atoms with Crippen LogP contribution < -0.4 is 10.6 Å². The summed E-state index contributed by atoms with van der Waals surface area (Å²) in [6, 6.07) is 5.72. The van der Waals surface area contributed by atoms with Crippen LogP contribution in [0.15, 0.2) is 18.2 Å². The van der Waals surface area contributed by atoms with Crippen LogP contribution in [0, 0.1) is 18.8 Å². The Hall–Kier alpha value is -1.99. The number of amides is 2. The summed E-state index contributed by atoms with van der Waals surface area (Å²) >= 11 is 0. The summed E-state index contributed by atoms with van der Waals surface area (Å²) in [6.07, 6.45) is 2.14. The average molecular weight is 244 g/mol. The molecule has 0 aromatic heterocycles. The van der Waals surface area contributed by atoms with Crippen molar-refractivity contribution in [3.8, 4) is 11.8 Å². The third-order valence-corrected chi connectivity index (χ3v) is 2.70. The largest absolute Gasteiger partial charge is 0.384 e. The molecule has 0 saturated heterocycles. The summed E-state index contributed by atoms with van der Waals surface area (Å²) in [5, 5.41) is 14.3. The van der Waals surface area contributed by atoms with Gasteiger partial charge in [0, 0.05) is 17.3 Å². The number of hydrogen-bond acceptors (Lipinski definition) is 2. The minimum Gasteiger partial charge on any atom is -0.384 e. The summed E-state index contributed by atoms with van der Waals surface area (Å²) in [5.74, 6) is 5.42. The molecule has 2 rings (SSSR count). The number of aliphatic hydroxyl groups excluding tert-OH is 1. The predicted octanol–water partition coefficient (Wildman–Crippen LogP) is 1.62. The molecule has 1 aliphatic carbocycles. The van der Waals surface area contributed by atoms with Gasteiger partial charge in [-0.15, -0.1) is 0 Å². The van der Waals surface area contributed by atoms with Gasteiger partial charge in [-0.25, -0.2) is 4.79 Å². The lowest BCUT2D eigenvalue weighted by Gasteiger charge is -2.09. The van der Waals surface area contributed by atoms with Gasteiger partial charge in [0.2, 0.25) is 0 Å². The zero-order valence-electron chi connectivity index (χ0n) is 10.3. The van der Waals surface area contributed by atoms with E-state index in [1.165, 1.54) is 0 Å². The van der Waals surface area contributed by atoms with Crippen LogP contribution in [-0.4, -0.2) is 23.8 Å². The van der Waals surface area contributed by atoms with Crippen LogP contribution >= 0.6 is 0 Å². The highest BCUT2D eigenvalue weighted by molar-refractivity contribution is 5.90. The van der Waals surface area contributed by atoms with Gasteiger partial charge in [-0.05, 0) is 43.5 Å². The summed E-state index contributed by atoms with van der Waals surface area (Å²) in [5.41, 5.74) is 2.56. The first-order valence-electron chi connectivity index (χ1n) is 5.97. The summed E-state index contributed by atoms with van der Waals surface area (Å²) in [4.78, 5) is 11.6. The van der Waals surface area contributed by atoms with Gasteiger partial charge in [0.05, 0.1) is 0 Å². The molecule has 0 bridgehead atoms. The fourth-order valence-electron chi connectivity index (χ4n) is 1.59. The minimum absolute atomic E-state index is 0.150. The first-order valence-corrected chi connectivity index (χ1v) is 5.97. The molecule has 18 heavy (non-hydrogen) atoms. The molecule has 1 aromatic carbocycles. The number of carbonyl (C=O) groups is 1. The van der Waals surface area contributed by atoms with Crippen molar-refractivity contribution in [1.82, 2.24) is 5.32 Å². The number of aliphatic hydroxyl groups is 1. The fourth-order valence-corrected chi connectivity index (χ4v) is 1.59. The SMILES string of the molecule is Cc1cc(C#CCO)ccc1NC(=O)NC1CC1. The van der Waals surface area contributed by atoms with E-state index in [1.807, 2.05) is 25.1 Å². The van der Waals surface area contributed by atoms with Gasteiger partial charge in [-0.3, -0.25) is 0 Å². The van der Waals surface area contributed by atoms with Crippen LogP contribution in [0.2, 0.25) is 0 Å². The molecule has 0 unspecified atom stereocenters. The molecule has 0 spiro atoms. The second-order valence-corrected chi connectivity index (χ2v) is 4.36. The molecular formula is C14H16N2O2. The quantitative estimate of drug-likeness (QED) is 0.692. The maximum atomic E-state index is 11.6. The molecule has 4 nitrogen and oxygen atoms in total. The first-order chi connectivity index (χ1) is 8.69. The molecule has 0 atom stereocenters. The van der Waals surface area contributed by atoms with Crippen molar-refractivity contribution in [2.75, 3.05) is 11.9 Å². The van der Waals surface area contributed by atoms with Crippen LogP contribution in [-0.2, 0) is 0 Å². The van der Waals surface area contributed by atoms with E-state index in [0.29, 0.717) is 6.04 Å². The number of nitrogens with one attached hydrogen (secondary N) is 2. The Kier molecular flexibility index (Phi) is 3.85. The molecule has 2 amide bonds. The molecule has 3 N–H and O–H groups in total. The number of carbonyl (C=O) groups excluding carboxylic acids is 1. The van der Waals surface area contributed by atoms with E-state index >= 15 is 0 Å². The van der Waals surface area contributed by atoms with E-state index in [1.54, 1.807) is 0 Å². The lowest BCUT2D eigenvalue weighted by Crippen LogP contribution is -2.30. The third-order valence-electron chi connectivity index (χ3n) is 2.70. The molecule has 94 valence electrons. The van der Waals surface area contributed by atoms with Gasteiger partial charge >= 0.3 is 6.03 Å². The Morgan fingerprint density at radius 1 is 1.50 bits per heavy atom. The molecule has 0 aliphatic heterocycles. The van der Waals surface area contributed by atoms with Gasteiger partial charge in [0.15, 0.2) is 0 Å². The monoisotopic (exact) mass is 244 g/mol. The smallest absolute Gasteiger partial charge is 0.319 e. The Labute approximate surface area is 106 Å². The normalized spacial score (nSPS) is 13.4. The topological polar surface area (TPSA) is 61.4 Å². The van der Waals surface area contributed by atoms with Gasteiger partial charge in [-0.2, -0.15) is 0 Å². The van der Waals surface area contributed by atoms with Gasteiger partial charge in [0.1, 0.15) is 6.61 Å². The number of benzene rings is 1. The zero-order valence-corrected chi connectivity index (χ0v) is 10.3. The number of rotatable bonds is 2. The zero-order chi connectivity index (χ0) is 13.0. The minimum atomic E-state index is -0.158. The molecular weight excluding hydrogens is 228 g/mol. The summed E-state index contributed by atoms with van der Waals surface area (Å²) in [6.45, 7) is 1.76. The van der Waals surface area contributed by atoms with Gasteiger partial charge < -0.3 is 15.7 Å². The van der Waals surface area contributed by atoms with Crippen LogP contribution in [0.25, 0.3) is 0 Å². The number of hydrogen-bond donors (Lipinski definition) is 3. The summed E-state index contributed by atoms with van der Waals surface area (Å²) < 4.78 is 0. The second-order valence-electron chi connectivity index (χ2n) is 4.36. The molecule has 1 fully saturated rings. The lowest BCUT2D eigenvalue weighted by molar-refractivity contribution is 0.251. The Morgan fingerprint density at radius 2 is 2.28 bits per heavy atom. The van der Waals surface area contributed by atoms with Crippen LogP contribution in [0.5, 0.6) is 0 Å². The second kappa shape index (κ2) is 5.56. The average Bonchev–Trinajstić information content (AvgIpc) is 3.13. The fraction of sp³-hybridized carbons (Fsp3) is 0.357. The van der Waals surface area contributed by atoms with E-state index in [4.69, 9.17) is 5.11 Å². The van der Waals surface area contributed by atoms with E-state index in [0.717, 1.165) is 29.7 Å². The van der Waals surface area contributed by atoms with E-state index in [2.05, 4.69) is 22.5 Å². The Morgan fingerprint density at radius 3 is 2.89 bits per heavy atom. The molecule has 4 heteroatoms. The van der Waals surface area contributed by atoms with Crippen LogP contribution in [0.3, 0.4) is 0 Å². The standard InChI is InChI=1S/C14H16N2O2/c1-10-9-11(3-2-8-17)4-7-13(10)16-14(18)15-12-5-6-12/h4,7,9,12,17H,5-6,8H2,1H3,(H2,15,16,18). The van der Waals surface area contributed by atoms with Crippen molar-refractivity contribution < 1.29 is 9.90 Å². The molecule has 0 radical (unpaired) electrons. The molecule has 0 heterocycles. The van der Waals surface area contributed by atoms with Crippen molar-refractivity contribution in [3.05, 3.63) is 29.3 Å². The number of anilines is 1. The lowest BCUT2D eigenvalue weighted by atomic mass is 10.1. The highest BCUT2D eigenvalue weighted by Gasteiger charge is 2.23. The first kappa shape index (κ1) is 12.5. The molecule has 1 aromatic rings. The van der Waals surface area contributed by atoms with Crippen molar-refractivity contribution in [3.63, 3.8) is 0 Å². The number of urea groups is 1. The Balaban J connectivity index is 2.01. The van der Waals surface area contributed by atoms with Crippen molar-refractivity contribution >= 4 is 11.7 Å². The van der Waals surface area contributed by atoms with Crippen LogP contribution in [0.4, 0.5) is 10.5 Å².